The van der Waals surface area contributed by atoms with Crippen molar-refractivity contribution in [2.24, 2.45) is 5.92 Å². The van der Waals surface area contributed by atoms with Crippen molar-refractivity contribution in [3.05, 3.63) is 5.53 Å². The van der Waals surface area contributed by atoms with Crippen LogP contribution in [-0.4, -0.2) is 101 Å². The summed E-state index contributed by atoms with van der Waals surface area (Å²) in [6.07, 6.45) is -0.876. The molecule has 4 N–H and O–H groups in total. The van der Waals surface area contributed by atoms with E-state index in [0.717, 1.165) is 4.70 Å². The Labute approximate surface area is 175 Å². The molecule has 0 aliphatic carbocycles. The van der Waals surface area contributed by atoms with Crippen LogP contribution >= 0.6 is 15.2 Å². The highest BCUT2D eigenvalue weighted by atomic mass is 31.2. The molecule has 12 nitrogen and oxygen atoms in total. The Bertz CT molecular complexity index is 650. The molecule has 0 aromatic carbocycles. The van der Waals surface area contributed by atoms with Crippen LogP contribution in [0.3, 0.4) is 0 Å². The Morgan fingerprint density at radius 2 is 1.37 bits per heavy atom. The average molecular weight is 474 g/mol. The van der Waals surface area contributed by atoms with Gasteiger partial charge in [-0.1, -0.05) is 0 Å². The summed E-state index contributed by atoms with van der Waals surface area (Å²) in [5.41, 5.74) is 9.63. The first-order chi connectivity index (χ1) is 14.0. The first-order valence-corrected chi connectivity index (χ1v) is 13.5. The molecule has 0 aromatic heterocycles. The van der Waals surface area contributed by atoms with Gasteiger partial charge in [-0.2, -0.15) is 0 Å². The molecule has 2 saturated heterocycles. The van der Waals surface area contributed by atoms with Crippen molar-refractivity contribution in [3.8, 4) is 0 Å². The Morgan fingerprint density at radius 3 is 1.90 bits per heavy atom. The Kier molecular flexibility index (Phi) is 10.0. The lowest BCUT2D eigenvalue weighted by molar-refractivity contribution is -0.666. The largest absolute Gasteiger partial charge is 0.506 e. The zero-order chi connectivity index (χ0) is 22.3. The summed E-state index contributed by atoms with van der Waals surface area (Å²) in [7, 11) is -9.32. The zero-order valence-corrected chi connectivity index (χ0v) is 18.7. The van der Waals surface area contributed by atoms with Gasteiger partial charge in [0.05, 0.1) is 64.9 Å². The van der Waals surface area contributed by atoms with Crippen molar-refractivity contribution in [3.63, 3.8) is 0 Å². The minimum Gasteiger partial charge on any atom is -0.506 e. The van der Waals surface area contributed by atoms with Crippen LogP contribution in [-0.2, 0) is 28.1 Å². The van der Waals surface area contributed by atoms with Gasteiger partial charge in [-0.15, -0.1) is 0 Å². The Morgan fingerprint density at radius 1 is 0.833 bits per heavy atom. The quantitative estimate of drug-likeness (QED) is 0.329. The van der Waals surface area contributed by atoms with E-state index in [9.17, 15) is 34.2 Å². The standard InChI is InChI=1S/C16H32N2O10P2/c17-18-15-1-4-25-7-8-27-6-3-16(18,13-30(22,23)24)14(12-29(19,20)21)11-28-10-9-26-5-2-15/h14-15H,1-13H2,(H2,19,20,21)(H2,22,23,24). The predicted octanol–water partition coefficient (Wildman–Crippen LogP) is 0.363. The SMILES string of the molecule is [N-]=[N+]1C2CCOCCOCCC1(CP(=O)(O)O)C(CP(=O)(O)O)COCCOCC2. The smallest absolute Gasteiger partial charge is 0.332 e. The normalized spacial score (nSPS) is 31.4. The number of hydrogen-bond donors (Lipinski definition) is 4. The lowest BCUT2D eigenvalue weighted by Crippen LogP contribution is -2.57. The summed E-state index contributed by atoms with van der Waals surface area (Å²) in [6.45, 7) is 1.34. The highest BCUT2D eigenvalue weighted by Gasteiger charge is 2.53. The van der Waals surface area contributed by atoms with Gasteiger partial charge in [0.15, 0.2) is 5.54 Å². The van der Waals surface area contributed by atoms with Crippen LogP contribution in [0, 0.1) is 5.92 Å². The summed E-state index contributed by atoms with van der Waals surface area (Å²) < 4.78 is 46.9. The van der Waals surface area contributed by atoms with E-state index in [4.69, 9.17) is 18.9 Å². The third kappa shape index (κ3) is 8.35. The van der Waals surface area contributed by atoms with Crippen LogP contribution in [0.5, 0.6) is 0 Å². The molecule has 0 aromatic rings. The monoisotopic (exact) mass is 474 g/mol. The van der Waals surface area contributed by atoms with Crippen LogP contribution < -0.4 is 0 Å². The molecule has 0 radical (unpaired) electrons. The van der Waals surface area contributed by atoms with E-state index in [1.54, 1.807) is 0 Å². The van der Waals surface area contributed by atoms with E-state index in [-0.39, 0.29) is 52.7 Å². The predicted molar refractivity (Wildman–Crippen MR) is 105 cm³/mol. The number of hydrogen-bond acceptors (Lipinski definition) is 6. The summed E-state index contributed by atoms with van der Waals surface area (Å²) in [4.78, 5) is 39.0. The van der Waals surface area contributed by atoms with Crippen molar-refractivity contribution in [1.29, 1.82) is 0 Å². The van der Waals surface area contributed by atoms with Gasteiger partial charge in [-0.3, -0.25) is 9.13 Å². The van der Waals surface area contributed by atoms with E-state index in [2.05, 4.69) is 0 Å². The maximum absolute atomic E-state index is 12.1. The molecule has 0 spiro atoms. The van der Waals surface area contributed by atoms with E-state index in [0.29, 0.717) is 19.4 Å². The molecule has 0 saturated carbocycles. The lowest BCUT2D eigenvalue weighted by atomic mass is 9.82. The number of rotatable bonds is 4. The topological polar surface area (TPSA) is 177 Å². The van der Waals surface area contributed by atoms with E-state index >= 15 is 0 Å². The molecule has 14 heteroatoms. The van der Waals surface area contributed by atoms with Gasteiger partial charge in [-0.25, -0.2) is 0 Å². The van der Waals surface area contributed by atoms with Crippen molar-refractivity contribution in [2.45, 2.75) is 30.8 Å². The summed E-state index contributed by atoms with van der Waals surface area (Å²) >= 11 is 0. The average Bonchev–Trinajstić information content (AvgIpc) is 2.66. The zero-order valence-electron chi connectivity index (χ0n) is 16.9. The molecule has 2 bridgehead atoms. The number of fused-ring (bicyclic) bond motifs is 2. The van der Waals surface area contributed by atoms with Crippen molar-refractivity contribution < 1.29 is 52.3 Å². The van der Waals surface area contributed by atoms with Crippen LogP contribution in [0.1, 0.15) is 19.3 Å². The maximum Gasteiger partial charge on any atom is 0.332 e. The van der Waals surface area contributed by atoms with Crippen LogP contribution in [0.15, 0.2) is 0 Å². The third-order valence-corrected chi connectivity index (χ3v) is 7.31. The van der Waals surface area contributed by atoms with E-state index in [1.165, 1.54) is 0 Å². The van der Waals surface area contributed by atoms with E-state index in [1.807, 2.05) is 0 Å². The van der Waals surface area contributed by atoms with Gasteiger partial charge in [0, 0.05) is 19.3 Å². The van der Waals surface area contributed by atoms with Crippen molar-refractivity contribution in [1.82, 2.24) is 0 Å². The molecule has 0 amide bonds. The molecule has 2 aliphatic rings. The van der Waals surface area contributed by atoms with Gasteiger partial charge in [0.1, 0.15) is 12.2 Å². The first kappa shape index (κ1) is 26.0. The second-order valence-electron chi connectivity index (χ2n) is 7.71. The van der Waals surface area contributed by atoms with Crippen molar-refractivity contribution >= 4 is 15.2 Å². The molecule has 2 fully saturated rings. The second kappa shape index (κ2) is 11.6. The van der Waals surface area contributed by atoms with Crippen LogP contribution in [0.25, 0.3) is 5.53 Å². The highest BCUT2D eigenvalue weighted by Crippen LogP contribution is 2.49. The second-order valence-corrected chi connectivity index (χ2v) is 11.0. The minimum absolute atomic E-state index is 0.0152. The van der Waals surface area contributed by atoms with Crippen molar-refractivity contribution in [2.75, 3.05) is 65.2 Å². The Balaban J connectivity index is 2.56. The minimum atomic E-state index is -4.72. The number of nitrogens with zero attached hydrogens (tertiary/aromatic N) is 2. The molecule has 2 heterocycles. The van der Waals surface area contributed by atoms with Crippen LogP contribution in [0.2, 0.25) is 0 Å². The van der Waals surface area contributed by atoms with Crippen LogP contribution in [0.4, 0.5) is 0 Å². The molecular formula is C16H32N2O10P2. The van der Waals surface area contributed by atoms with Gasteiger partial charge in [0.2, 0.25) is 0 Å². The molecule has 30 heavy (non-hydrogen) atoms. The molecule has 2 aliphatic heterocycles. The molecule has 176 valence electrons. The molecule has 3 unspecified atom stereocenters. The highest BCUT2D eigenvalue weighted by molar-refractivity contribution is 7.52. The fraction of sp³-hybridized carbons (Fsp3) is 1.00. The molecule has 2 rings (SSSR count). The lowest BCUT2D eigenvalue weighted by Gasteiger charge is -2.42. The summed E-state index contributed by atoms with van der Waals surface area (Å²) in [6, 6.07) is -0.605. The fourth-order valence-electron chi connectivity index (χ4n) is 4.02. The fourth-order valence-corrected chi connectivity index (χ4v) is 6.31. The molecule has 3 atom stereocenters. The van der Waals surface area contributed by atoms with Gasteiger partial charge >= 0.3 is 15.2 Å². The van der Waals surface area contributed by atoms with Gasteiger partial charge in [-0.05, 0) is 0 Å². The maximum atomic E-state index is 12.1. The first-order valence-electron chi connectivity index (χ1n) is 9.92. The Hall–Kier alpha value is -0.260. The van der Waals surface area contributed by atoms with Gasteiger partial charge < -0.3 is 48.7 Å². The molecular weight excluding hydrogens is 442 g/mol. The number of ether oxygens (including phenoxy) is 4. The summed E-state index contributed by atoms with van der Waals surface area (Å²) in [5.74, 6) is -1.07. The third-order valence-electron chi connectivity index (χ3n) is 5.43. The summed E-state index contributed by atoms with van der Waals surface area (Å²) in [5, 5.41) is 0. The van der Waals surface area contributed by atoms with Gasteiger partial charge in [0.25, 0.3) is 0 Å². The van der Waals surface area contributed by atoms with E-state index < -0.39 is 45.0 Å².